The molecular formula is C24H23N3O5S. The molecule has 0 saturated carbocycles. The van der Waals surface area contributed by atoms with Gasteiger partial charge in [-0.1, -0.05) is 0 Å². The lowest BCUT2D eigenvalue weighted by atomic mass is 10.1. The number of hydrogen-bond donors (Lipinski definition) is 2. The van der Waals surface area contributed by atoms with Gasteiger partial charge in [-0.05, 0) is 68.3 Å². The molecule has 3 aromatic rings. The van der Waals surface area contributed by atoms with Gasteiger partial charge in [0.2, 0.25) is 5.91 Å². The number of amides is 2. The maximum Gasteiger partial charge on any atom is 0.338 e. The van der Waals surface area contributed by atoms with Gasteiger partial charge in [0.05, 0.1) is 30.9 Å². The highest BCUT2D eigenvalue weighted by molar-refractivity contribution is 7.16. The van der Waals surface area contributed by atoms with E-state index < -0.39 is 11.9 Å². The van der Waals surface area contributed by atoms with Crippen LogP contribution in [0.1, 0.15) is 50.5 Å². The van der Waals surface area contributed by atoms with Gasteiger partial charge in [-0.25, -0.2) is 9.78 Å². The number of hydrogen-bond acceptors (Lipinski definition) is 7. The van der Waals surface area contributed by atoms with Crippen molar-refractivity contribution in [3.05, 3.63) is 70.2 Å². The molecule has 170 valence electrons. The second-order valence-electron chi connectivity index (χ2n) is 7.39. The average molecular weight is 466 g/mol. The molecule has 1 aliphatic carbocycles. The third-order valence-electron chi connectivity index (χ3n) is 5.27. The fourth-order valence-electron chi connectivity index (χ4n) is 3.58. The number of fused-ring (bicyclic) bond motifs is 1. The molecule has 0 spiro atoms. The standard InChI is InChI=1S/C24H23N3O5S/c1-3-32-23(30)15-4-8-16(9-5-15)25-22(29)18-12-13-19-20(18)26-24(33-19)27-21(28)14-6-10-17(31-2)11-7-14/h4-11,18H,3,12-13H2,1-2H3,(H,25,29)(H,26,27,28). The lowest BCUT2D eigenvalue weighted by Crippen LogP contribution is -2.20. The van der Waals surface area contributed by atoms with E-state index in [1.54, 1.807) is 62.6 Å². The van der Waals surface area contributed by atoms with Gasteiger partial charge < -0.3 is 14.8 Å². The molecule has 1 heterocycles. The summed E-state index contributed by atoms with van der Waals surface area (Å²) in [6.45, 7) is 2.05. The van der Waals surface area contributed by atoms with E-state index in [4.69, 9.17) is 9.47 Å². The van der Waals surface area contributed by atoms with Crippen LogP contribution >= 0.6 is 11.3 Å². The van der Waals surface area contributed by atoms with Gasteiger partial charge in [-0.15, -0.1) is 11.3 Å². The third-order valence-corrected chi connectivity index (χ3v) is 6.32. The van der Waals surface area contributed by atoms with Crippen molar-refractivity contribution in [2.24, 2.45) is 0 Å². The Balaban J connectivity index is 1.40. The van der Waals surface area contributed by atoms with E-state index in [9.17, 15) is 14.4 Å². The molecule has 0 saturated heterocycles. The van der Waals surface area contributed by atoms with Crippen LogP contribution in [-0.2, 0) is 16.0 Å². The van der Waals surface area contributed by atoms with Crippen LogP contribution in [0.4, 0.5) is 10.8 Å². The van der Waals surface area contributed by atoms with E-state index in [0.29, 0.717) is 46.4 Å². The van der Waals surface area contributed by atoms with Gasteiger partial charge in [0.15, 0.2) is 5.13 Å². The van der Waals surface area contributed by atoms with Crippen molar-refractivity contribution < 1.29 is 23.9 Å². The summed E-state index contributed by atoms with van der Waals surface area (Å²) in [6, 6.07) is 13.4. The first-order valence-corrected chi connectivity index (χ1v) is 11.3. The largest absolute Gasteiger partial charge is 0.497 e. The molecule has 8 nitrogen and oxygen atoms in total. The number of carbonyl (C=O) groups excluding carboxylic acids is 3. The zero-order valence-electron chi connectivity index (χ0n) is 18.2. The number of nitrogens with one attached hydrogen (secondary N) is 2. The van der Waals surface area contributed by atoms with Crippen molar-refractivity contribution in [3.63, 3.8) is 0 Å². The summed E-state index contributed by atoms with van der Waals surface area (Å²) in [5.74, 6) is -0.567. The zero-order valence-corrected chi connectivity index (χ0v) is 19.0. The van der Waals surface area contributed by atoms with Crippen LogP contribution in [0.2, 0.25) is 0 Å². The van der Waals surface area contributed by atoms with E-state index in [2.05, 4.69) is 15.6 Å². The van der Waals surface area contributed by atoms with Crippen molar-refractivity contribution in [2.45, 2.75) is 25.7 Å². The summed E-state index contributed by atoms with van der Waals surface area (Å²) in [7, 11) is 1.57. The molecule has 2 N–H and O–H groups in total. The Labute approximate surface area is 194 Å². The second-order valence-corrected chi connectivity index (χ2v) is 8.47. The number of aryl methyl sites for hydroxylation is 1. The minimum absolute atomic E-state index is 0.170. The first-order valence-electron chi connectivity index (χ1n) is 10.5. The van der Waals surface area contributed by atoms with Crippen molar-refractivity contribution in [1.82, 2.24) is 4.98 Å². The minimum atomic E-state index is -0.400. The second kappa shape index (κ2) is 9.83. The van der Waals surface area contributed by atoms with E-state index in [1.165, 1.54) is 11.3 Å². The molecule has 0 bridgehead atoms. The normalized spacial score (nSPS) is 14.3. The Bertz CT molecular complexity index is 1170. The predicted molar refractivity (Wildman–Crippen MR) is 125 cm³/mol. The SMILES string of the molecule is CCOC(=O)c1ccc(NC(=O)C2CCc3sc(NC(=O)c4ccc(OC)cc4)nc32)cc1. The molecule has 0 aliphatic heterocycles. The fourth-order valence-corrected chi connectivity index (χ4v) is 4.61. The summed E-state index contributed by atoms with van der Waals surface area (Å²) in [4.78, 5) is 42.7. The molecule has 4 rings (SSSR count). The third kappa shape index (κ3) is 5.04. The number of ether oxygens (including phenoxy) is 2. The maximum absolute atomic E-state index is 12.9. The first-order chi connectivity index (χ1) is 16.0. The number of benzene rings is 2. The summed E-state index contributed by atoms with van der Waals surface area (Å²) >= 11 is 1.39. The Kier molecular flexibility index (Phi) is 6.69. The van der Waals surface area contributed by atoms with E-state index >= 15 is 0 Å². The lowest BCUT2D eigenvalue weighted by molar-refractivity contribution is -0.117. The van der Waals surface area contributed by atoms with Gasteiger partial charge in [-0.3, -0.25) is 14.9 Å². The number of methoxy groups -OCH3 is 1. The molecule has 9 heteroatoms. The van der Waals surface area contributed by atoms with E-state index in [1.807, 2.05) is 0 Å². The maximum atomic E-state index is 12.9. The molecule has 1 atom stereocenters. The molecule has 2 amide bonds. The molecule has 33 heavy (non-hydrogen) atoms. The van der Waals surface area contributed by atoms with Crippen molar-refractivity contribution in [2.75, 3.05) is 24.4 Å². The number of carbonyl (C=O) groups is 3. The Hall–Kier alpha value is -3.72. The van der Waals surface area contributed by atoms with Crippen LogP contribution in [0, 0.1) is 0 Å². The Morgan fingerprint density at radius 2 is 1.73 bits per heavy atom. The van der Waals surface area contributed by atoms with Crippen molar-refractivity contribution in [3.8, 4) is 5.75 Å². The number of aromatic nitrogens is 1. The summed E-state index contributed by atoms with van der Waals surface area (Å²) in [5.41, 5.74) is 2.21. The quantitative estimate of drug-likeness (QED) is 0.505. The highest BCUT2D eigenvalue weighted by Gasteiger charge is 2.33. The molecule has 0 radical (unpaired) electrons. The van der Waals surface area contributed by atoms with Crippen LogP contribution in [0.5, 0.6) is 5.75 Å². The molecule has 1 aromatic heterocycles. The van der Waals surface area contributed by atoms with Crippen LogP contribution < -0.4 is 15.4 Å². The number of nitrogens with zero attached hydrogens (tertiary/aromatic N) is 1. The molecule has 1 unspecified atom stereocenters. The van der Waals surface area contributed by atoms with Crippen molar-refractivity contribution in [1.29, 1.82) is 0 Å². The van der Waals surface area contributed by atoms with Crippen molar-refractivity contribution >= 4 is 39.9 Å². The monoisotopic (exact) mass is 465 g/mol. The molecule has 2 aromatic carbocycles. The van der Waals surface area contributed by atoms with Gasteiger partial charge in [-0.2, -0.15) is 0 Å². The van der Waals surface area contributed by atoms with Gasteiger partial charge >= 0.3 is 5.97 Å². The van der Waals surface area contributed by atoms with Gasteiger partial charge in [0.25, 0.3) is 5.91 Å². The number of thiazole rings is 1. The highest BCUT2D eigenvalue weighted by atomic mass is 32.1. The summed E-state index contributed by atoms with van der Waals surface area (Å²) in [5, 5.41) is 6.17. The van der Waals surface area contributed by atoms with Crippen LogP contribution in [-0.4, -0.2) is 36.5 Å². The lowest BCUT2D eigenvalue weighted by Gasteiger charge is -2.11. The predicted octanol–water partition coefficient (Wildman–Crippen LogP) is 4.25. The molecule has 1 aliphatic rings. The topological polar surface area (TPSA) is 107 Å². The summed E-state index contributed by atoms with van der Waals surface area (Å²) in [6.07, 6.45) is 1.39. The number of esters is 1. The summed E-state index contributed by atoms with van der Waals surface area (Å²) < 4.78 is 10.1. The average Bonchev–Trinajstić information content (AvgIpc) is 3.40. The van der Waals surface area contributed by atoms with Gasteiger partial charge in [0, 0.05) is 16.1 Å². The zero-order chi connectivity index (χ0) is 23.4. The number of anilines is 2. The van der Waals surface area contributed by atoms with Crippen LogP contribution in [0.25, 0.3) is 0 Å². The fraction of sp³-hybridized carbons (Fsp3) is 0.250. The van der Waals surface area contributed by atoms with Gasteiger partial charge in [0.1, 0.15) is 5.75 Å². The van der Waals surface area contributed by atoms with Crippen LogP contribution in [0.15, 0.2) is 48.5 Å². The van der Waals surface area contributed by atoms with Crippen LogP contribution in [0.3, 0.4) is 0 Å². The van der Waals surface area contributed by atoms with E-state index in [-0.39, 0.29) is 11.8 Å². The molecule has 0 fully saturated rings. The highest BCUT2D eigenvalue weighted by Crippen LogP contribution is 2.39. The Morgan fingerprint density at radius 1 is 1.03 bits per heavy atom. The Morgan fingerprint density at radius 3 is 2.39 bits per heavy atom. The minimum Gasteiger partial charge on any atom is -0.497 e. The van der Waals surface area contributed by atoms with E-state index in [0.717, 1.165) is 11.3 Å². The number of rotatable bonds is 7. The smallest absolute Gasteiger partial charge is 0.338 e. The molecular weight excluding hydrogens is 442 g/mol. The first kappa shape index (κ1) is 22.5.